The molecule has 2 aromatic rings. The Morgan fingerprint density at radius 3 is 2.94 bits per heavy atom. The van der Waals surface area contributed by atoms with Gasteiger partial charge in [-0.25, -0.2) is 0 Å². The summed E-state index contributed by atoms with van der Waals surface area (Å²) in [6.45, 7) is 2.53. The third-order valence-corrected chi connectivity index (χ3v) is 3.05. The average Bonchev–Trinajstić information content (AvgIpc) is 2.74. The van der Waals surface area contributed by atoms with Gasteiger partial charge >= 0.3 is 0 Å². The minimum Gasteiger partial charge on any atom is -0.451 e. The molecular formula is C14H15ClO3. The van der Waals surface area contributed by atoms with Crippen molar-refractivity contribution >= 4 is 28.4 Å². The smallest absolute Gasteiger partial charge is 0.198 e. The van der Waals surface area contributed by atoms with Crippen LogP contribution in [-0.2, 0) is 4.74 Å². The molecule has 0 aliphatic rings. The zero-order valence-corrected chi connectivity index (χ0v) is 11.2. The summed E-state index contributed by atoms with van der Waals surface area (Å²) in [7, 11) is 1.63. The molecule has 1 aromatic heterocycles. The molecule has 0 saturated carbocycles. The number of ether oxygens (including phenoxy) is 1. The lowest BCUT2D eigenvalue weighted by Gasteiger charge is -2.07. The standard InChI is InChI=1S/C14H15ClO3/c1-9(8-17-2)6-12(16)13-7-10-4-3-5-11(15)14(10)18-13/h3-5,7,9H,6,8H2,1-2H3. The summed E-state index contributed by atoms with van der Waals surface area (Å²) in [5.41, 5.74) is 0.571. The molecule has 1 heterocycles. The Hall–Kier alpha value is -1.32. The molecule has 0 spiro atoms. The Kier molecular flexibility index (Phi) is 4.04. The van der Waals surface area contributed by atoms with Gasteiger partial charge in [0.15, 0.2) is 17.1 Å². The number of carbonyl (C=O) groups is 1. The van der Waals surface area contributed by atoms with Crippen LogP contribution in [0.15, 0.2) is 28.7 Å². The first-order chi connectivity index (χ1) is 8.61. The molecule has 2 rings (SSSR count). The van der Waals surface area contributed by atoms with Crippen molar-refractivity contribution < 1.29 is 13.9 Å². The molecule has 1 aromatic carbocycles. The van der Waals surface area contributed by atoms with E-state index in [2.05, 4.69) is 0 Å². The van der Waals surface area contributed by atoms with Crippen LogP contribution in [0.25, 0.3) is 11.0 Å². The first-order valence-electron chi connectivity index (χ1n) is 5.82. The van der Waals surface area contributed by atoms with E-state index in [1.807, 2.05) is 19.1 Å². The quantitative estimate of drug-likeness (QED) is 0.770. The van der Waals surface area contributed by atoms with Crippen LogP contribution in [0, 0.1) is 5.92 Å². The molecule has 4 heteroatoms. The maximum Gasteiger partial charge on any atom is 0.198 e. The van der Waals surface area contributed by atoms with Gasteiger partial charge < -0.3 is 9.15 Å². The summed E-state index contributed by atoms with van der Waals surface area (Å²) in [4.78, 5) is 12.0. The molecule has 0 amide bonds. The van der Waals surface area contributed by atoms with Gasteiger partial charge in [-0.3, -0.25) is 4.79 Å². The number of hydrogen-bond acceptors (Lipinski definition) is 3. The summed E-state index contributed by atoms with van der Waals surface area (Å²) < 4.78 is 10.5. The molecule has 0 fully saturated rings. The normalized spacial score (nSPS) is 12.8. The van der Waals surface area contributed by atoms with Crippen LogP contribution in [0.3, 0.4) is 0 Å². The lowest BCUT2D eigenvalue weighted by atomic mass is 10.0. The van der Waals surface area contributed by atoms with Gasteiger partial charge in [-0.05, 0) is 18.1 Å². The van der Waals surface area contributed by atoms with Gasteiger partial charge in [-0.2, -0.15) is 0 Å². The topological polar surface area (TPSA) is 39.4 Å². The molecule has 0 radical (unpaired) electrons. The zero-order valence-electron chi connectivity index (χ0n) is 10.4. The number of benzene rings is 1. The minimum atomic E-state index is -0.0215. The first kappa shape index (κ1) is 13.1. The minimum absolute atomic E-state index is 0.0215. The fourth-order valence-corrected chi connectivity index (χ4v) is 2.15. The van der Waals surface area contributed by atoms with Gasteiger partial charge in [0, 0.05) is 25.5 Å². The second kappa shape index (κ2) is 5.55. The van der Waals surface area contributed by atoms with Crippen LogP contribution in [0.5, 0.6) is 0 Å². The van der Waals surface area contributed by atoms with E-state index in [9.17, 15) is 4.79 Å². The fraction of sp³-hybridized carbons (Fsp3) is 0.357. The van der Waals surface area contributed by atoms with Crippen molar-refractivity contribution in [3.63, 3.8) is 0 Å². The molecule has 1 unspecified atom stereocenters. The van der Waals surface area contributed by atoms with E-state index in [4.69, 9.17) is 20.8 Å². The lowest BCUT2D eigenvalue weighted by molar-refractivity contribution is 0.0895. The van der Waals surface area contributed by atoms with E-state index in [0.717, 1.165) is 5.39 Å². The summed E-state index contributed by atoms with van der Waals surface area (Å²) in [6.07, 6.45) is 0.408. The Balaban J connectivity index is 2.21. The molecule has 0 bridgehead atoms. The largest absolute Gasteiger partial charge is 0.451 e. The summed E-state index contributed by atoms with van der Waals surface area (Å²) in [5, 5.41) is 1.38. The number of rotatable bonds is 5. The van der Waals surface area contributed by atoms with Crippen molar-refractivity contribution in [2.24, 2.45) is 5.92 Å². The summed E-state index contributed by atoms with van der Waals surface area (Å²) in [5.74, 6) is 0.513. The molecule has 3 nitrogen and oxygen atoms in total. The first-order valence-corrected chi connectivity index (χ1v) is 6.20. The van der Waals surface area contributed by atoms with Crippen molar-refractivity contribution in [2.45, 2.75) is 13.3 Å². The highest BCUT2D eigenvalue weighted by atomic mass is 35.5. The zero-order chi connectivity index (χ0) is 13.1. The Morgan fingerprint density at radius 1 is 1.50 bits per heavy atom. The molecular weight excluding hydrogens is 252 g/mol. The maximum atomic E-state index is 12.0. The van der Waals surface area contributed by atoms with Crippen molar-refractivity contribution in [2.75, 3.05) is 13.7 Å². The third kappa shape index (κ3) is 2.74. The van der Waals surface area contributed by atoms with Gasteiger partial charge in [0.2, 0.25) is 0 Å². The number of methoxy groups -OCH3 is 1. The van der Waals surface area contributed by atoms with Gasteiger partial charge in [-0.15, -0.1) is 0 Å². The average molecular weight is 267 g/mol. The van der Waals surface area contributed by atoms with Crippen LogP contribution in [-0.4, -0.2) is 19.5 Å². The van der Waals surface area contributed by atoms with Crippen LogP contribution in [0.2, 0.25) is 5.02 Å². The number of fused-ring (bicyclic) bond motifs is 1. The molecule has 0 saturated heterocycles. The van der Waals surface area contributed by atoms with Crippen molar-refractivity contribution in [3.8, 4) is 0 Å². The molecule has 1 atom stereocenters. The van der Waals surface area contributed by atoms with E-state index in [0.29, 0.717) is 29.4 Å². The maximum absolute atomic E-state index is 12.0. The van der Waals surface area contributed by atoms with E-state index in [1.165, 1.54) is 0 Å². The van der Waals surface area contributed by atoms with E-state index < -0.39 is 0 Å². The van der Waals surface area contributed by atoms with Gasteiger partial charge in [0.25, 0.3) is 0 Å². The van der Waals surface area contributed by atoms with Gasteiger partial charge in [0.1, 0.15) is 0 Å². The number of halogens is 1. The lowest BCUT2D eigenvalue weighted by Crippen LogP contribution is -2.10. The van der Waals surface area contributed by atoms with Crippen LogP contribution >= 0.6 is 11.6 Å². The number of ketones is 1. The third-order valence-electron chi connectivity index (χ3n) is 2.76. The van der Waals surface area contributed by atoms with Crippen molar-refractivity contribution in [3.05, 3.63) is 35.0 Å². The Morgan fingerprint density at radius 2 is 2.28 bits per heavy atom. The second-order valence-corrected chi connectivity index (χ2v) is 4.86. The van der Waals surface area contributed by atoms with Gasteiger partial charge in [0.05, 0.1) is 5.02 Å². The second-order valence-electron chi connectivity index (χ2n) is 4.46. The molecule has 0 aliphatic heterocycles. The highest BCUT2D eigenvalue weighted by Gasteiger charge is 2.16. The monoisotopic (exact) mass is 266 g/mol. The van der Waals surface area contributed by atoms with E-state index in [1.54, 1.807) is 19.2 Å². The highest BCUT2D eigenvalue weighted by molar-refractivity contribution is 6.34. The molecule has 96 valence electrons. The highest BCUT2D eigenvalue weighted by Crippen LogP contribution is 2.27. The fourth-order valence-electron chi connectivity index (χ4n) is 1.93. The molecule has 0 aliphatic carbocycles. The number of carbonyl (C=O) groups excluding carboxylic acids is 1. The summed E-state index contributed by atoms with van der Waals surface area (Å²) in [6, 6.07) is 7.19. The van der Waals surface area contributed by atoms with Crippen LogP contribution < -0.4 is 0 Å². The van der Waals surface area contributed by atoms with Gasteiger partial charge in [-0.1, -0.05) is 30.7 Å². The Bertz CT molecular complexity index is 559. The van der Waals surface area contributed by atoms with Crippen molar-refractivity contribution in [1.29, 1.82) is 0 Å². The van der Waals surface area contributed by atoms with E-state index >= 15 is 0 Å². The predicted molar refractivity (Wildman–Crippen MR) is 71.2 cm³/mol. The number of para-hydroxylation sites is 1. The number of Topliss-reactive ketones (excluding diaryl/α,β-unsaturated/α-hetero) is 1. The predicted octanol–water partition coefficient (Wildman–Crippen LogP) is 3.94. The van der Waals surface area contributed by atoms with E-state index in [-0.39, 0.29) is 11.7 Å². The summed E-state index contributed by atoms with van der Waals surface area (Å²) >= 11 is 6.01. The molecule has 18 heavy (non-hydrogen) atoms. The Labute approximate surface area is 111 Å². The van der Waals surface area contributed by atoms with Crippen LogP contribution in [0.4, 0.5) is 0 Å². The number of hydrogen-bond donors (Lipinski definition) is 0. The van der Waals surface area contributed by atoms with Crippen molar-refractivity contribution in [1.82, 2.24) is 0 Å². The number of furan rings is 1. The SMILES string of the molecule is COCC(C)CC(=O)c1cc2cccc(Cl)c2o1. The molecule has 0 N–H and O–H groups in total. The van der Waals surface area contributed by atoms with Crippen LogP contribution in [0.1, 0.15) is 23.9 Å².